The number of rotatable bonds is 2. The van der Waals surface area contributed by atoms with Crippen LogP contribution in [0.1, 0.15) is 43.6 Å². The van der Waals surface area contributed by atoms with Crippen molar-refractivity contribution in [3.8, 4) is 0 Å². The van der Waals surface area contributed by atoms with Gasteiger partial charge < -0.3 is 10.1 Å². The molecule has 2 fully saturated rings. The number of halogens is 1. The molecule has 1 aliphatic heterocycles. The third kappa shape index (κ3) is 2.61. The highest BCUT2D eigenvalue weighted by Gasteiger charge is 2.45. The largest absolute Gasteiger partial charge is 0.381 e. The number of piperidine rings is 1. The van der Waals surface area contributed by atoms with Crippen molar-refractivity contribution in [3.63, 3.8) is 0 Å². The van der Waals surface area contributed by atoms with Crippen molar-refractivity contribution in [3.05, 3.63) is 34.9 Å². The summed E-state index contributed by atoms with van der Waals surface area (Å²) >= 11 is 6.47. The average Bonchev–Trinajstić information content (AvgIpc) is 2.49. The standard InChI is InChI=1S/C17H24ClNO/c1-20-13-5-4-8-17(11-13)9-10-19-12-15(17)14-6-2-3-7-16(14)18/h2-3,6-7,13,15,19H,4-5,8-12H2,1H3. The molecule has 1 aromatic carbocycles. The van der Waals surface area contributed by atoms with Gasteiger partial charge in [-0.25, -0.2) is 0 Å². The van der Waals surface area contributed by atoms with Crippen LogP contribution in [0.25, 0.3) is 0 Å². The molecule has 2 nitrogen and oxygen atoms in total. The first-order chi connectivity index (χ1) is 9.75. The molecule has 1 heterocycles. The molecule has 1 spiro atoms. The summed E-state index contributed by atoms with van der Waals surface area (Å²) in [5.74, 6) is 0.517. The van der Waals surface area contributed by atoms with Crippen molar-refractivity contribution in [1.29, 1.82) is 0 Å². The van der Waals surface area contributed by atoms with Crippen molar-refractivity contribution in [2.45, 2.75) is 44.1 Å². The van der Waals surface area contributed by atoms with Crippen LogP contribution in [0.2, 0.25) is 5.02 Å². The summed E-state index contributed by atoms with van der Waals surface area (Å²) in [4.78, 5) is 0. The van der Waals surface area contributed by atoms with E-state index >= 15 is 0 Å². The van der Waals surface area contributed by atoms with Crippen LogP contribution in [-0.4, -0.2) is 26.3 Å². The second kappa shape index (κ2) is 6.05. The molecule has 3 unspecified atom stereocenters. The Morgan fingerprint density at radius 2 is 2.15 bits per heavy atom. The Bertz CT molecular complexity index is 460. The van der Waals surface area contributed by atoms with Crippen molar-refractivity contribution in [1.82, 2.24) is 5.32 Å². The number of hydrogen-bond acceptors (Lipinski definition) is 2. The van der Waals surface area contributed by atoms with Gasteiger partial charge in [0.25, 0.3) is 0 Å². The first-order valence-corrected chi connectivity index (χ1v) is 8.11. The normalized spacial score (nSPS) is 34.3. The third-order valence-electron chi connectivity index (χ3n) is 5.34. The summed E-state index contributed by atoms with van der Waals surface area (Å²) in [6.07, 6.45) is 6.64. The fourth-order valence-electron chi connectivity index (χ4n) is 4.26. The molecule has 1 aromatic rings. The first-order valence-electron chi connectivity index (χ1n) is 7.73. The maximum absolute atomic E-state index is 6.47. The van der Waals surface area contributed by atoms with Crippen LogP contribution in [0, 0.1) is 5.41 Å². The number of benzene rings is 1. The lowest BCUT2D eigenvalue weighted by atomic mass is 9.60. The molecular formula is C17H24ClNO. The molecule has 2 aliphatic rings. The quantitative estimate of drug-likeness (QED) is 0.890. The van der Waals surface area contributed by atoms with E-state index in [9.17, 15) is 0 Å². The van der Waals surface area contributed by atoms with Gasteiger partial charge in [-0.1, -0.05) is 36.2 Å². The maximum Gasteiger partial charge on any atom is 0.0576 e. The van der Waals surface area contributed by atoms with E-state index in [4.69, 9.17) is 16.3 Å². The van der Waals surface area contributed by atoms with Crippen molar-refractivity contribution >= 4 is 11.6 Å². The SMILES string of the molecule is COC1CCCC2(CCNCC2c2ccccc2Cl)C1. The lowest BCUT2D eigenvalue weighted by Crippen LogP contribution is -2.47. The Hall–Kier alpha value is -0.570. The summed E-state index contributed by atoms with van der Waals surface area (Å²) in [5.41, 5.74) is 1.69. The summed E-state index contributed by atoms with van der Waals surface area (Å²) in [5, 5.41) is 4.48. The molecule has 20 heavy (non-hydrogen) atoms. The molecule has 0 amide bonds. The molecule has 0 aromatic heterocycles. The zero-order valence-corrected chi connectivity index (χ0v) is 13.0. The predicted molar refractivity (Wildman–Crippen MR) is 83.4 cm³/mol. The van der Waals surface area contributed by atoms with E-state index in [1.807, 2.05) is 19.2 Å². The average molecular weight is 294 g/mol. The second-order valence-electron chi connectivity index (χ2n) is 6.34. The summed E-state index contributed by atoms with van der Waals surface area (Å²) in [6.45, 7) is 2.16. The minimum Gasteiger partial charge on any atom is -0.381 e. The highest BCUT2D eigenvalue weighted by atomic mass is 35.5. The van der Waals surface area contributed by atoms with Gasteiger partial charge in [-0.15, -0.1) is 0 Å². The minimum atomic E-state index is 0.370. The van der Waals surface area contributed by atoms with Crippen molar-refractivity contribution in [2.75, 3.05) is 20.2 Å². The van der Waals surface area contributed by atoms with Crippen LogP contribution >= 0.6 is 11.6 Å². The van der Waals surface area contributed by atoms with Gasteiger partial charge in [0.1, 0.15) is 0 Å². The molecule has 0 bridgehead atoms. The van der Waals surface area contributed by atoms with Gasteiger partial charge in [-0.2, -0.15) is 0 Å². The third-order valence-corrected chi connectivity index (χ3v) is 5.68. The van der Waals surface area contributed by atoms with E-state index in [0.717, 1.165) is 18.1 Å². The summed E-state index contributed by atoms with van der Waals surface area (Å²) in [6, 6.07) is 8.36. The predicted octanol–water partition coefficient (Wildman–Crippen LogP) is 3.99. The van der Waals surface area contributed by atoms with E-state index in [2.05, 4.69) is 17.4 Å². The Labute approximate surface area is 126 Å². The number of nitrogens with one attached hydrogen (secondary N) is 1. The fraction of sp³-hybridized carbons (Fsp3) is 0.647. The van der Waals surface area contributed by atoms with Crippen molar-refractivity contribution < 1.29 is 4.74 Å². The summed E-state index contributed by atoms with van der Waals surface area (Å²) in [7, 11) is 1.86. The summed E-state index contributed by atoms with van der Waals surface area (Å²) < 4.78 is 5.68. The number of methoxy groups -OCH3 is 1. The number of ether oxygens (including phenoxy) is 1. The minimum absolute atomic E-state index is 0.370. The van der Waals surface area contributed by atoms with Gasteiger partial charge in [0.05, 0.1) is 6.10 Å². The van der Waals surface area contributed by atoms with E-state index in [1.165, 1.54) is 37.7 Å². The Kier molecular flexibility index (Phi) is 4.34. The lowest BCUT2D eigenvalue weighted by molar-refractivity contribution is -0.0121. The zero-order valence-electron chi connectivity index (χ0n) is 12.2. The van der Waals surface area contributed by atoms with Crippen LogP contribution in [-0.2, 0) is 4.74 Å². The van der Waals surface area contributed by atoms with Crippen LogP contribution in [0.5, 0.6) is 0 Å². The Morgan fingerprint density at radius 3 is 2.95 bits per heavy atom. The second-order valence-corrected chi connectivity index (χ2v) is 6.75. The molecule has 3 atom stereocenters. The van der Waals surface area contributed by atoms with E-state index in [-0.39, 0.29) is 0 Å². The number of hydrogen-bond donors (Lipinski definition) is 1. The lowest BCUT2D eigenvalue weighted by Gasteiger charge is -2.49. The fourth-order valence-corrected chi connectivity index (χ4v) is 4.52. The zero-order chi connectivity index (χ0) is 14.0. The van der Waals surface area contributed by atoms with Crippen LogP contribution in [0.3, 0.4) is 0 Å². The molecule has 1 saturated heterocycles. The molecule has 3 heteroatoms. The molecule has 0 radical (unpaired) electrons. The molecule has 1 aliphatic carbocycles. The van der Waals surface area contributed by atoms with E-state index in [0.29, 0.717) is 17.4 Å². The Morgan fingerprint density at radius 1 is 1.30 bits per heavy atom. The highest BCUT2D eigenvalue weighted by Crippen LogP contribution is 2.52. The van der Waals surface area contributed by atoms with Crippen LogP contribution in [0.15, 0.2) is 24.3 Å². The van der Waals surface area contributed by atoms with Crippen molar-refractivity contribution in [2.24, 2.45) is 5.41 Å². The smallest absolute Gasteiger partial charge is 0.0576 e. The van der Waals surface area contributed by atoms with Gasteiger partial charge in [-0.3, -0.25) is 0 Å². The van der Waals surface area contributed by atoms with Crippen LogP contribution in [0.4, 0.5) is 0 Å². The van der Waals surface area contributed by atoms with Gasteiger partial charge >= 0.3 is 0 Å². The van der Waals surface area contributed by atoms with E-state index < -0.39 is 0 Å². The molecule has 110 valence electrons. The van der Waals surface area contributed by atoms with Gasteiger partial charge in [0.15, 0.2) is 0 Å². The topological polar surface area (TPSA) is 21.3 Å². The molecule has 1 saturated carbocycles. The van der Waals surface area contributed by atoms with Gasteiger partial charge in [0.2, 0.25) is 0 Å². The molecule has 3 rings (SSSR count). The monoisotopic (exact) mass is 293 g/mol. The van der Waals surface area contributed by atoms with Gasteiger partial charge in [-0.05, 0) is 49.3 Å². The van der Waals surface area contributed by atoms with Gasteiger partial charge in [0, 0.05) is 24.6 Å². The van der Waals surface area contributed by atoms with E-state index in [1.54, 1.807) is 0 Å². The maximum atomic E-state index is 6.47. The van der Waals surface area contributed by atoms with Crippen LogP contribution < -0.4 is 5.32 Å². The molecule has 1 N–H and O–H groups in total. The highest BCUT2D eigenvalue weighted by molar-refractivity contribution is 6.31. The molecular weight excluding hydrogens is 270 g/mol. The first kappa shape index (κ1) is 14.4. The Balaban J connectivity index is 1.93.